The second-order valence-electron chi connectivity index (χ2n) is 7.02. The first-order valence-electron chi connectivity index (χ1n) is 9.61. The number of nitrogens with one attached hydrogen (secondary N) is 2. The van der Waals surface area contributed by atoms with Gasteiger partial charge in [-0.3, -0.25) is 19.9 Å². The number of carbonyl (C=O) groups excluding carboxylic acids is 2. The van der Waals surface area contributed by atoms with Gasteiger partial charge in [0.1, 0.15) is 0 Å². The molecule has 2 amide bonds. The number of hydrogen-bond acceptors (Lipinski definition) is 8. The minimum atomic E-state index is -0.376. The largest absolute Gasteiger partial charge is 0.341 e. The summed E-state index contributed by atoms with van der Waals surface area (Å²) in [6.07, 6.45) is 7.27. The van der Waals surface area contributed by atoms with Crippen molar-refractivity contribution in [2.75, 3.05) is 24.5 Å². The van der Waals surface area contributed by atoms with Gasteiger partial charge in [-0.05, 0) is 61.3 Å². The summed E-state index contributed by atoms with van der Waals surface area (Å²) in [6, 6.07) is 7.69. The van der Waals surface area contributed by atoms with E-state index in [9.17, 15) is 9.59 Å². The first-order chi connectivity index (χ1) is 14.2. The Bertz CT molecular complexity index is 912. The normalized spacial score (nSPS) is 19.0. The molecule has 0 spiro atoms. The number of carbonyl (C=O) groups is 2. The maximum Gasteiger partial charge on any atom is 0.290 e. The molecular weight excluding hydrogens is 388 g/mol. The van der Waals surface area contributed by atoms with Gasteiger partial charge in [0.25, 0.3) is 11.1 Å². The lowest BCUT2D eigenvalue weighted by Crippen LogP contribution is -2.38. The third kappa shape index (κ3) is 5.18. The summed E-state index contributed by atoms with van der Waals surface area (Å²) in [5, 5.41) is 5.39. The van der Waals surface area contributed by atoms with Crippen molar-refractivity contribution >= 4 is 34.9 Å². The molecule has 0 saturated carbocycles. The summed E-state index contributed by atoms with van der Waals surface area (Å²) in [5.74, 6) is 0.901. The number of imide groups is 1. The highest BCUT2D eigenvalue weighted by Crippen LogP contribution is 2.26. The van der Waals surface area contributed by atoms with Crippen LogP contribution in [-0.4, -0.2) is 45.7 Å². The summed E-state index contributed by atoms with van der Waals surface area (Å²) in [6.45, 7) is 3.54. The molecule has 2 saturated heterocycles. The Labute approximate surface area is 173 Å². The molecule has 4 rings (SSSR count). The van der Waals surface area contributed by atoms with E-state index in [1.807, 2.05) is 24.4 Å². The molecule has 0 aliphatic carbocycles. The molecule has 2 aliphatic heterocycles. The van der Waals surface area contributed by atoms with E-state index in [1.54, 1.807) is 18.3 Å². The molecule has 9 heteroatoms. The van der Waals surface area contributed by atoms with E-state index in [2.05, 4.69) is 30.5 Å². The fraction of sp³-hybridized carbons (Fsp3) is 0.350. The monoisotopic (exact) mass is 410 g/mol. The quantitative estimate of drug-likeness (QED) is 0.699. The molecule has 0 atom stereocenters. The van der Waals surface area contributed by atoms with E-state index in [0.717, 1.165) is 56.5 Å². The van der Waals surface area contributed by atoms with Gasteiger partial charge in [-0.15, -0.1) is 0 Å². The van der Waals surface area contributed by atoms with Crippen molar-refractivity contribution in [1.82, 2.24) is 25.6 Å². The van der Waals surface area contributed by atoms with Crippen LogP contribution in [0.4, 0.5) is 10.7 Å². The Morgan fingerprint density at radius 2 is 2.03 bits per heavy atom. The van der Waals surface area contributed by atoms with Crippen LogP contribution in [0.25, 0.3) is 6.08 Å². The summed E-state index contributed by atoms with van der Waals surface area (Å²) < 4.78 is 0. The second kappa shape index (κ2) is 9.15. The van der Waals surface area contributed by atoms with Crippen molar-refractivity contribution in [3.05, 3.63) is 53.0 Å². The van der Waals surface area contributed by atoms with Crippen LogP contribution in [0.15, 0.2) is 41.6 Å². The number of thioether (sulfide) groups is 1. The van der Waals surface area contributed by atoms with Gasteiger partial charge >= 0.3 is 0 Å². The number of pyridine rings is 1. The van der Waals surface area contributed by atoms with Crippen LogP contribution in [-0.2, 0) is 11.3 Å². The molecule has 2 aliphatic rings. The van der Waals surface area contributed by atoms with Crippen molar-refractivity contribution in [3.8, 4) is 0 Å². The smallest absolute Gasteiger partial charge is 0.290 e. The SMILES string of the molecule is O=C1NC(=O)/C(=C/c2ccnc(N3CCC(CNCc4ccccn4)CC3)n2)S1. The van der Waals surface area contributed by atoms with Crippen molar-refractivity contribution < 1.29 is 9.59 Å². The Hall–Kier alpha value is -2.78. The highest BCUT2D eigenvalue weighted by atomic mass is 32.2. The molecule has 8 nitrogen and oxygen atoms in total. The first-order valence-corrected chi connectivity index (χ1v) is 10.4. The number of amides is 2. The number of nitrogens with zero attached hydrogens (tertiary/aromatic N) is 4. The van der Waals surface area contributed by atoms with Crippen LogP contribution < -0.4 is 15.5 Å². The van der Waals surface area contributed by atoms with E-state index >= 15 is 0 Å². The molecule has 0 unspecified atom stereocenters. The van der Waals surface area contributed by atoms with Crippen LogP contribution in [0.1, 0.15) is 24.2 Å². The zero-order chi connectivity index (χ0) is 20.1. The predicted octanol–water partition coefficient (Wildman–Crippen LogP) is 2.20. The fourth-order valence-corrected chi connectivity index (χ4v) is 4.06. The van der Waals surface area contributed by atoms with Gasteiger partial charge in [0.2, 0.25) is 5.95 Å². The lowest BCUT2D eigenvalue weighted by molar-refractivity contribution is -0.115. The molecule has 29 heavy (non-hydrogen) atoms. The molecule has 0 bridgehead atoms. The van der Waals surface area contributed by atoms with Crippen LogP contribution in [0.3, 0.4) is 0 Å². The highest BCUT2D eigenvalue weighted by molar-refractivity contribution is 8.18. The summed E-state index contributed by atoms with van der Waals surface area (Å²) in [4.78, 5) is 38.8. The average Bonchev–Trinajstić information content (AvgIpc) is 3.06. The Morgan fingerprint density at radius 1 is 1.17 bits per heavy atom. The Balaban J connectivity index is 1.29. The zero-order valence-corrected chi connectivity index (χ0v) is 16.7. The molecule has 2 N–H and O–H groups in total. The Kier molecular flexibility index (Phi) is 6.16. The topological polar surface area (TPSA) is 100 Å². The molecule has 0 radical (unpaired) electrons. The maximum atomic E-state index is 11.7. The van der Waals surface area contributed by atoms with Gasteiger partial charge < -0.3 is 10.2 Å². The standard InChI is InChI=1S/C20H22N6O2S/c27-18-17(29-20(28)25-18)11-15-4-8-23-19(24-15)26-9-5-14(6-10-26)12-21-13-16-3-1-2-7-22-16/h1-4,7-8,11,14,21H,5-6,9-10,12-13H2,(H,25,27,28)/b17-11-. The van der Waals surface area contributed by atoms with Crippen LogP contribution in [0.5, 0.6) is 0 Å². The zero-order valence-electron chi connectivity index (χ0n) is 15.9. The average molecular weight is 411 g/mol. The molecular formula is C20H22N6O2S. The van der Waals surface area contributed by atoms with Crippen molar-refractivity contribution in [3.63, 3.8) is 0 Å². The number of hydrogen-bond donors (Lipinski definition) is 2. The number of anilines is 1. The van der Waals surface area contributed by atoms with Crippen LogP contribution in [0, 0.1) is 5.92 Å². The second-order valence-corrected chi connectivity index (χ2v) is 8.03. The minimum Gasteiger partial charge on any atom is -0.341 e. The minimum absolute atomic E-state index is 0.353. The van der Waals surface area contributed by atoms with Gasteiger partial charge in [-0.1, -0.05) is 6.07 Å². The summed E-state index contributed by atoms with van der Waals surface area (Å²) in [7, 11) is 0. The lowest BCUT2D eigenvalue weighted by atomic mass is 9.97. The van der Waals surface area contributed by atoms with Gasteiger partial charge in [0.15, 0.2) is 0 Å². The van der Waals surface area contributed by atoms with Gasteiger partial charge in [-0.2, -0.15) is 0 Å². The fourth-order valence-electron chi connectivity index (χ4n) is 3.39. The summed E-state index contributed by atoms with van der Waals surface area (Å²) >= 11 is 0.892. The first kappa shape index (κ1) is 19.5. The number of aromatic nitrogens is 3. The van der Waals surface area contributed by atoms with Gasteiger partial charge in [0, 0.05) is 32.0 Å². The third-order valence-corrected chi connectivity index (χ3v) is 5.76. The van der Waals surface area contributed by atoms with Crippen molar-refractivity contribution in [2.24, 2.45) is 5.92 Å². The predicted molar refractivity (Wildman–Crippen MR) is 112 cm³/mol. The van der Waals surface area contributed by atoms with Crippen molar-refractivity contribution in [2.45, 2.75) is 19.4 Å². The Morgan fingerprint density at radius 3 is 2.76 bits per heavy atom. The molecule has 4 heterocycles. The molecule has 150 valence electrons. The lowest BCUT2D eigenvalue weighted by Gasteiger charge is -2.32. The van der Waals surface area contributed by atoms with E-state index in [0.29, 0.717) is 22.5 Å². The van der Waals surface area contributed by atoms with Crippen molar-refractivity contribution in [1.29, 1.82) is 0 Å². The van der Waals surface area contributed by atoms with Gasteiger partial charge in [-0.25, -0.2) is 9.97 Å². The van der Waals surface area contributed by atoms with E-state index < -0.39 is 0 Å². The molecule has 2 fully saturated rings. The molecule has 2 aromatic heterocycles. The number of piperidine rings is 1. The van der Waals surface area contributed by atoms with Crippen LogP contribution >= 0.6 is 11.8 Å². The highest BCUT2D eigenvalue weighted by Gasteiger charge is 2.25. The van der Waals surface area contributed by atoms with E-state index in [4.69, 9.17) is 0 Å². The summed E-state index contributed by atoms with van der Waals surface area (Å²) in [5.41, 5.74) is 1.68. The van der Waals surface area contributed by atoms with Gasteiger partial charge in [0.05, 0.1) is 16.3 Å². The van der Waals surface area contributed by atoms with E-state index in [-0.39, 0.29) is 11.1 Å². The number of rotatable bonds is 6. The maximum absolute atomic E-state index is 11.7. The molecule has 0 aromatic carbocycles. The van der Waals surface area contributed by atoms with E-state index in [1.165, 1.54) is 0 Å². The molecule has 2 aromatic rings. The van der Waals surface area contributed by atoms with Crippen LogP contribution in [0.2, 0.25) is 0 Å². The third-order valence-electron chi connectivity index (χ3n) is 4.95.